The van der Waals surface area contributed by atoms with Crippen molar-refractivity contribution in [1.82, 2.24) is 0 Å². The number of quaternary nitrogens is 1. The molecule has 0 spiro atoms. The summed E-state index contributed by atoms with van der Waals surface area (Å²) < 4.78 is 22.5. The highest BCUT2D eigenvalue weighted by atomic mass is 16.7. The number of carboxylic acid groups (broad SMARTS) is 1. The molecule has 0 aromatic rings. The Morgan fingerprint density at radius 1 is 0.608 bits per heavy atom. The molecule has 2 unspecified atom stereocenters. The molecule has 294 valence electrons. The maximum absolute atomic E-state index is 12.6. The van der Waals surface area contributed by atoms with E-state index in [1.807, 2.05) is 33.3 Å². The third-order valence-electron chi connectivity index (χ3n) is 8.11. The zero-order valence-electron chi connectivity index (χ0n) is 33.0. The first-order chi connectivity index (χ1) is 24.6. The van der Waals surface area contributed by atoms with Crippen molar-refractivity contribution < 1.29 is 42.9 Å². The fourth-order valence-corrected chi connectivity index (χ4v) is 5.02. The molecule has 0 fully saturated rings. The number of aliphatic carboxylic acids is 1. The van der Waals surface area contributed by atoms with Crippen LogP contribution in [0.15, 0.2) is 48.6 Å². The fraction of sp³-hybridized carbons (Fsp3) is 0.738. The lowest BCUT2D eigenvalue weighted by molar-refractivity contribution is -0.870. The monoisotopic (exact) mass is 721 g/mol. The smallest absolute Gasteiger partial charge is 0.361 e. The maximum Gasteiger partial charge on any atom is 0.361 e. The lowest BCUT2D eigenvalue weighted by Crippen LogP contribution is -2.40. The second-order valence-electron chi connectivity index (χ2n) is 14.2. The number of hydrogen-bond donors (Lipinski definition) is 1. The van der Waals surface area contributed by atoms with Crippen LogP contribution in [-0.4, -0.2) is 87.4 Å². The van der Waals surface area contributed by atoms with E-state index in [4.69, 9.17) is 18.9 Å². The third-order valence-corrected chi connectivity index (χ3v) is 8.11. The summed E-state index contributed by atoms with van der Waals surface area (Å²) in [5, 5.41) is 9.59. The average molecular weight is 721 g/mol. The number of carbonyl (C=O) groups excluding carboxylic acids is 2. The van der Waals surface area contributed by atoms with Gasteiger partial charge in [-0.3, -0.25) is 9.59 Å². The van der Waals surface area contributed by atoms with Crippen LogP contribution in [0.5, 0.6) is 0 Å². The molecule has 0 aliphatic carbocycles. The lowest BCUT2D eigenvalue weighted by Gasteiger charge is -2.25. The number of esters is 2. The first-order valence-corrected chi connectivity index (χ1v) is 19.8. The lowest BCUT2D eigenvalue weighted by atomic mass is 10.0. The molecule has 0 aromatic carbocycles. The van der Waals surface area contributed by atoms with E-state index in [9.17, 15) is 19.5 Å². The summed E-state index contributed by atoms with van der Waals surface area (Å²) in [5.74, 6) is -2.12. The molecule has 0 aliphatic heterocycles. The molecule has 51 heavy (non-hydrogen) atoms. The Kier molecular flexibility index (Phi) is 32.5. The number of rotatable bonds is 35. The Hall–Kier alpha value is -2.75. The quantitative estimate of drug-likeness (QED) is 0.0227. The van der Waals surface area contributed by atoms with Crippen molar-refractivity contribution in [3.8, 4) is 0 Å². The summed E-state index contributed by atoms with van der Waals surface area (Å²) >= 11 is 0. The van der Waals surface area contributed by atoms with E-state index in [0.717, 1.165) is 44.9 Å². The van der Waals surface area contributed by atoms with Gasteiger partial charge in [0.05, 0.1) is 34.4 Å². The Bertz CT molecular complexity index is 982. The maximum atomic E-state index is 12.6. The van der Waals surface area contributed by atoms with E-state index >= 15 is 0 Å². The SMILES string of the molecule is CC/C=C\C/C=C\C/C=C\C/C=C\CCC(=O)OC(COC(=O)CCCCCCCCCCCCCCC)COC(OCC[N+](C)(C)C)C(=O)O. The molecule has 0 aliphatic rings. The van der Waals surface area contributed by atoms with Gasteiger partial charge in [0.15, 0.2) is 6.10 Å². The van der Waals surface area contributed by atoms with Gasteiger partial charge in [0, 0.05) is 12.8 Å². The van der Waals surface area contributed by atoms with Crippen LogP contribution in [0.2, 0.25) is 0 Å². The molecule has 0 saturated carbocycles. The van der Waals surface area contributed by atoms with Crippen molar-refractivity contribution in [2.75, 3.05) is 47.5 Å². The molecule has 9 heteroatoms. The van der Waals surface area contributed by atoms with Crippen molar-refractivity contribution >= 4 is 17.9 Å². The molecule has 2 atom stereocenters. The second-order valence-corrected chi connectivity index (χ2v) is 14.2. The summed E-state index contributed by atoms with van der Waals surface area (Å²) in [6, 6.07) is 0. The Morgan fingerprint density at radius 3 is 1.63 bits per heavy atom. The van der Waals surface area contributed by atoms with Gasteiger partial charge < -0.3 is 28.5 Å². The first kappa shape index (κ1) is 48.2. The minimum Gasteiger partial charge on any atom is -0.477 e. The minimum atomic E-state index is -1.52. The molecular formula is C42H74NO8+. The highest BCUT2D eigenvalue weighted by Crippen LogP contribution is 2.13. The van der Waals surface area contributed by atoms with Gasteiger partial charge in [0.25, 0.3) is 6.29 Å². The number of likely N-dealkylation sites (N-methyl/N-ethyl adjacent to an activating group) is 1. The second kappa shape index (κ2) is 34.3. The van der Waals surface area contributed by atoms with Crippen LogP contribution in [0.4, 0.5) is 0 Å². The normalized spacial score (nSPS) is 13.5. The Labute approximate surface area is 311 Å². The number of carboxylic acids is 1. The van der Waals surface area contributed by atoms with Gasteiger partial charge in [0.2, 0.25) is 0 Å². The highest BCUT2D eigenvalue weighted by Gasteiger charge is 2.25. The van der Waals surface area contributed by atoms with Gasteiger partial charge in [0.1, 0.15) is 13.2 Å². The highest BCUT2D eigenvalue weighted by molar-refractivity contribution is 5.71. The standard InChI is InChI=1S/C42H73NO8/c1-6-8-10-12-14-16-18-20-22-24-26-28-30-32-39(44)49-36-38(37-50-42(41(46)47)48-35-34-43(3,4)5)51-40(45)33-31-29-27-25-23-21-19-17-15-13-11-9-7-2/h9,11,15,17,21,23,27,29,38,42H,6-8,10,12-14,16,18-20,22,24-26,28,30-37H2,1-5H3/p+1/b11-9-,17-15-,23-21-,29-27-. The number of ether oxygens (including phenoxy) is 4. The van der Waals surface area contributed by atoms with Crippen LogP contribution >= 0.6 is 0 Å². The number of carbonyl (C=O) groups is 3. The molecule has 1 N–H and O–H groups in total. The first-order valence-electron chi connectivity index (χ1n) is 19.8. The van der Waals surface area contributed by atoms with Gasteiger partial charge in [-0.25, -0.2) is 4.79 Å². The summed E-state index contributed by atoms with van der Waals surface area (Å²) in [6.07, 6.45) is 34.7. The van der Waals surface area contributed by atoms with E-state index in [1.54, 1.807) is 0 Å². The number of unbranched alkanes of at least 4 members (excludes halogenated alkanes) is 12. The molecular weight excluding hydrogens is 646 g/mol. The van der Waals surface area contributed by atoms with Crippen LogP contribution in [0.1, 0.15) is 142 Å². The Morgan fingerprint density at radius 2 is 1.12 bits per heavy atom. The zero-order chi connectivity index (χ0) is 37.8. The van der Waals surface area contributed by atoms with E-state index in [2.05, 4.69) is 50.3 Å². The van der Waals surface area contributed by atoms with Crippen LogP contribution < -0.4 is 0 Å². The van der Waals surface area contributed by atoms with Gasteiger partial charge in [-0.05, 0) is 38.5 Å². The minimum absolute atomic E-state index is 0.139. The van der Waals surface area contributed by atoms with Crippen molar-refractivity contribution in [1.29, 1.82) is 0 Å². The van der Waals surface area contributed by atoms with Crippen molar-refractivity contribution in [3.63, 3.8) is 0 Å². The average Bonchev–Trinajstić information content (AvgIpc) is 3.08. The fourth-order valence-electron chi connectivity index (χ4n) is 5.02. The zero-order valence-corrected chi connectivity index (χ0v) is 33.0. The van der Waals surface area contributed by atoms with E-state index in [-0.39, 0.29) is 38.6 Å². The van der Waals surface area contributed by atoms with Crippen molar-refractivity contribution in [2.24, 2.45) is 0 Å². The molecule has 9 nitrogen and oxygen atoms in total. The predicted octanol–water partition coefficient (Wildman–Crippen LogP) is 9.66. The topological polar surface area (TPSA) is 108 Å². The van der Waals surface area contributed by atoms with E-state index < -0.39 is 24.3 Å². The number of hydrogen-bond acceptors (Lipinski definition) is 7. The van der Waals surface area contributed by atoms with E-state index in [1.165, 1.54) is 64.2 Å². The number of nitrogens with zero attached hydrogens (tertiary/aromatic N) is 1. The number of allylic oxidation sites excluding steroid dienone is 8. The van der Waals surface area contributed by atoms with E-state index in [0.29, 0.717) is 17.4 Å². The summed E-state index contributed by atoms with van der Waals surface area (Å²) in [4.78, 5) is 36.9. The summed E-state index contributed by atoms with van der Waals surface area (Å²) in [7, 11) is 5.92. The predicted molar refractivity (Wildman–Crippen MR) is 207 cm³/mol. The molecule has 0 aromatic heterocycles. The van der Waals surface area contributed by atoms with Gasteiger partial charge in [-0.1, -0.05) is 140 Å². The van der Waals surface area contributed by atoms with Crippen LogP contribution in [0, 0.1) is 0 Å². The molecule has 0 heterocycles. The third kappa shape index (κ3) is 35.4. The van der Waals surface area contributed by atoms with Crippen molar-refractivity contribution in [3.05, 3.63) is 48.6 Å². The summed E-state index contributed by atoms with van der Waals surface area (Å²) in [5.41, 5.74) is 0. The van der Waals surface area contributed by atoms with Crippen LogP contribution in [0.25, 0.3) is 0 Å². The summed E-state index contributed by atoms with van der Waals surface area (Å²) in [6.45, 7) is 4.64. The molecule has 0 radical (unpaired) electrons. The molecule has 0 saturated heterocycles. The van der Waals surface area contributed by atoms with Gasteiger partial charge in [-0.2, -0.15) is 0 Å². The van der Waals surface area contributed by atoms with Crippen LogP contribution in [0.3, 0.4) is 0 Å². The molecule has 0 amide bonds. The largest absolute Gasteiger partial charge is 0.477 e. The van der Waals surface area contributed by atoms with Crippen molar-refractivity contribution in [2.45, 2.75) is 155 Å². The molecule has 0 bridgehead atoms. The van der Waals surface area contributed by atoms with Gasteiger partial charge in [-0.15, -0.1) is 0 Å². The van der Waals surface area contributed by atoms with Gasteiger partial charge >= 0.3 is 17.9 Å². The van der Waals surface area contributed by atoms with Crippen LogP contribution in [-0.2, 0) is 33.3 Å². The molecule has 0 rings (SSSR count). The Balaban J connectivity index is 4.63.